The maximum absolute atomic E-state index is 12.0. The van der Waals surface area contributed by atoms with Gasteiger partial charge in [-0.15, -0.1) is 0 Å². The number of aliphatic hydroxyl groups is 1. The summed E-state index contributed by atoms with van der Waals surface area (Å²) in [6.45, 7) is 3.40. The minimum Gasteiger partial charge on any atom is -0.385 e. The molecule has 1 aromatic carbocycles. The largest absolute Gasteiger partial charge is 0.389 e. The molecule has 0 fully saturated rings. The minimum absolute atomic E-state index is 0.0646. The van der Waals surface area contributed by atoms with Crippen molar-refractivity contribution in [2.24, 2.45) is 0 Å². The molecule has 0 saturated heterocycles. The third kappa shape index (κ3) is 4.38. The molecule has 96 valence electrons. The van der Waals surface area contributed by atoms with Crippen LogP contribution in [-0.4, -0.2) is 11.3 Å². The van der Waals surface area contributed by atoms with Crippen molar-refractivity contribution in [3.05, 3.63) is 35.4 Å². The molecule has 0 heterocycles. The summed E-state index contributed by atoms with van der Waals surface area (Å²) < 4.78 is 36.1. The number of aryl methyl sites for hydroxylation is 1. The first kappa shape index (κ1) is 14.0. The topological polar surface area (TPSA) is 20.2 Å². The zero-order valence-electron chi connectivity index (χ0n) is 10.0. The molecule has 0 saturated carbocycles. The Hall–Kier alpha value is -1.03. The summed E-state index contributed by atoms with van der Waals surface area (Å²) in [6.07, 6.45) is -4.96. The van der Waals surface area contributed by atoms with Gasteiger partial charge in [0, 0.05) is 6.42 Å². The molecule has 1 nitrogen and oxygen atoms in total. The molecule has 1 aromatic rings. The monoisotopic (exact) mass is 246 g/mol. The van der Waals surface area contributed by atoms with Crippen LogP contribution in [0.15, 0.2) is 24.3 Å². The molecule has 4 heteroatoms. The van der Waals surface area contributed by atoms with Gasteiger partial charge < -0.3 is 5.11 Å². The second-order valence-corrected chi connectivity index (χ2v) is 4.56. The molecule has 0 aliphatic heterocycles. The van der Waals surface area contributed by atoms with Crippen LogP contribution in [-0.2, 0) is 5.60 Å². The normalized spacial score (nSPS) is 15.6. The van der Waals surface area contributed by atoms with Crippen LogP contribution < -0.4 is 0 Å². The third-order valence-corrected chi connectivity index (χ3v) is 2.85. The Labute approximate surface area is 99.3 Å². The molecule has 17 heavy (non-hydrogen) atoms. The molecular weight excluding hydrogens is 229 g/mol. The predicted octanol–water partition coefficient (Wildman–Crippen LogP) is 3.94. The first-order valence-electron chi connectivity index (χ1n) is 5.58. The van der Waals surface area contributed by atoms with Gasteiger partial charge in [-0.1, -0.05) is 24.3 Å². The van der Waals surface area contributed by atoms with Crippen molar-refractivity contribution in [1.82, 2.24) is 0 Å². The molecule has 1 rings (SSSR count). The number of rotatable bonds is 4. The maximum atomic E-state index is 12.0. The van der Waals surface area contributed by atoms with Gasteiger partial charge in [0.2, 0.25) is 0 Å². The van der Waals surface area contributed by atoms with Crippen LogP contribution >= 0.6 is 0 Å². The standard InChI is InChI=1S/C13H17F3O/c1-10-6-3-4-7-11(10)12(2,17)8-5-9-13(14,15)16/h3-4,6-7,17H,5,8-9H2,1-2H3. The van der Waals surface area contributed by atoms with E-state index >= 15 is 0 Å². The highest BCUT2D eigenvalue weighted by Crippen LogP contribution is 2.31. The Kier molecular flexibility index (Phi) is 4.20. The van der Waals surface area contributed by atoms with Gasteiger partial charge in [-0.2, -0.15) is 13.2 Å². The lowest BCUT2D eigenvalue weighted by molar-refractivity contribution is -0.137. The summed E-state index contributed by atoms with van der Waals surface area (Å²) in [7, 11) is 0. The number of halogens is 3. The Bertz CT molecular complexity index is 369. The van der Waals surface area contributed by atoms with Crippen LogP contribution in [0.2, 0.25) is 0 Å². The summed E-state index contributed by atoms with van der Waals surface area (Å²) in [5.74, 6) is 0. The average molecular weight is 246 g/mol. The smallest absolute Gasteiger partial charge is 0.385 e. The zero-order chi connectivity index (χ0) is 13.1. The van der Waals surface area contributed by atoms with Crippen LogP contribution in [0, 0.1) is 6.92 Å². The molecule has 0 aliphatic carbocycles. The van der Waals surface area contributed by atoms with E-state index in [0.29, 0.717) is 5.56 Å². The summed E-state index contributed by atoms with van der Waals surface area (Å²) in [5, 5.41) is 10.2. The molecule has 0 radical (unpaired) electrons. The predicted molar refractivity (Wildman–Crippen MR) is 60.7 cm³/mol. The van der Waals surface area contributed by atoms with E-state index in [1.54, 1.807) is 19.1 Å². The van der Waals surface area contributed by atoms with Gasteiger partial charge in [-0.05, 0) is 37.8 Å². The number of hydrogen-bond donors (Lipinski definition) is 1. The van der Waals surface area contributed by atoms with Gasteiger partial charge >= 0.3 is 6.18 Å². The van der Waals surface area contributed by atoms with Crippen LogP contribution in [0.4, 0.5) is 13.2 Å². The molecular formula is C13H17F3O. The molecule has 0 aliphatic rings. The number of benzene rings is 1. The highest BCUT2D eigenvalue weighted by Gasteiger charge is 2.30. The van der Waals surface area contributed by atoms with Crippen molar-refractivity contribution in [2.45, 2.75) is 44.9 Å². The SMILES string of the molecule is Cc1ccccc1C(C)(O)CCCC(F)(F)F. The fraction of sp³-hybridized carbons (Fsp3) is 0.538. The second kappa shape index (κ2) is 5.08. The molecule has 1 unspecified atom stereocenters. The Morgan fingerprint density at radius 1 is 1.12 bits per heavy atom. The van der Waals surface area contributed by atoms with Crippen molar-refractivity contribution in [3.63, 3.8) is 0 Å². The Morgan fingerprint density at radius 3 is 2.24 bits per heavy atom. The lowest BCUT2D eigenvalue weighted by atomic mass is 9.87. The van der Waals surface area contributed by atoms with E-state index in [2.05, 4.69) is 0 Å². The van der Waals surface area contributed by atoms with E-state index in [-0.39, 0.29) is 12.8 Å². The van der Waals surface area contributed by atoms with E-state index in [9.17, 15) is 18.3 Å². The van der Waals surface area contributed by atoms with E-state index in [1.807, 2.05) is 19.1 Å². The average Bonchev–Trinajstić information content (AvgIpc) is 2.15. The maximum Gasteiger partial charge on any atom is 0.389 e. The van der Waals surface area contributed by atoms with Crippen LogP contribution in [0.3, 0.4) is 0 Å². The van der Waals surface area contributed by atoms with Gasteiger partial charge in [0.25, 0.3) is 0 Å². The highest BCUT2D eigenvalue weighted by molar-refractivity contribution is 5.30. The Balaban J connectivity index is 2.66. The number of alkyl halides is 3. The number of hydrogen-bond acceptors (Lipinski definition) is 1. The van der Waals surface area contributed by atoms with Crippen LogP contribution in [0.1, 0.15) is 37.3 Å². The minimum atomic E-state index is -4.15. The van der Waals surface area contributed by atoms with Crippen molar-refractivity contribution in [2.75, 3.05) is 0 Å². The summed E-state index contributed by atoms with van der Waals surface area (Å²) in [4.78, 5) is 0. The molecule has 1 N–H and O–H groups in total. The van der Waals surface area contributed by atoms with Gasteiger partial charge in [0.1, 0.15) is 0 Å². The van der Waals surface area contributed by atoms with Gasteiger partial charge in [-0.3, -0.25) is 0 Å². The molecule has 0 bridgehead atoms. The molecule has 1 atom stereocenters. The van der Waals surface area contributed by atoms with Crippen molar-refractivity contribution in [1.29, 1.82) is 0 Å². The van der Waals surface area contributed by atoms with Crippen molar-refractivity contribution >= 4 is 0 Å². The lowest BCUT2D eigenvalue weighted by Crippen LogP contribution is -2.23. The summed E-state index contributed by atoms with van der Waals surface area (Å²) in [6, 6.07) is 7.21. The first-order valence-corrected chi connectivity index (χ1v) is 5.58. The van der Waals surface area contributed by atoms with Gasteiger partial charge in [-0.25, -0.2) is 0 Å². The highest BCUT2D eigenvalue weighted by atomic mass is 19.4. The van der Waals surface area contributed by atoms with E-state index in [0.717, 1.165) is 5.56 Å². The first-order chi connectivity index (χ1) is 7.72. The third-order valence-electron chi connectivity index (χ3n) is 2.85. The quantitative estimate of drug-likeness (QED) is 0.853. The lowest BCUT2D eigenvalue weighted by Gasteiger charge is -2.25. The van der Waals surface area contributed by atoms with Crippen molar-refractivity contribution in [3.8, 4) is 0 Å². The van der Waals surface area contributed by atoms with Crippen molar-refractivity contribution < 1.29 is 18.3 Å². The summed E-state index contributed by atoms with van der Waals surface area (Å²) >= 11 is 0. The van der Waals surface area contributed by atoms with Crippen LogP contribution in [0.25, 0.3) is 0 Å². The molecule has 0 aromatic heterocycles. The van der Waals surface area contributed by atoms with E-state index in [4.69, 9.17) is 0 Å². The molecule has 0 spiro atoms. The van der Waals surface area contributed by atoms with E-state index < -0.39 is 18.2 Å². The molecule has 0 amide bonds. The Morgan fingerprint density at radius 2 is 1.71 bits per heavy atom. The van der Waals surface area contributed by atoms with Crippen LogP contribution in [0.5, 0.6) is 0 Å². The van der Waals surface area contributed by atoms with Gasteiger partial charge in [0.15, 0.2) is 0 Å². The summed E-state index contributed by atoms with van der Waals surface area (Å²) in [5.41, 5.74) is 0.392. The fourth-order valence-electron chi connectivity index (χ4n) is 1.94. The second-order valence-electron chi connectivity index (χ2n) is 4.56. The van der Waals surface area contributed by atoms with Gasteiger partial charge in [0.05, 0.1) is 5.60 Å². The zero-order valence-corrected chi connectivity index (χ0v) is 10.0. The fourth-order valence-corrected chi connectivity index (χ4v) is 1.94. The van der Waals surface area contributed by atoms with E-state index in [1.165, 1.54) is 0 Å².